The number of benzene rings is 1. The average Bonchev–Trinajstić information content (AvgIpc) is 2.42. The largest absolute Gasteiger partial charge is 0.497 e. The third-order valence-corrected chi connectivity index (χ3v) is 3.62. The zero-order chi connectivity index (χ0) is 13.9. The van der Waals surface area contributed by atoms with Gasteiger partial charge in [0.05, 0.1) is 18.3 Å². The van der Waals surface area contributed by atoms with Gasteiger partial charge in [-0.15, -0.1) is 12.4 Å². The highest BCUT2D eigenvalue weighted by Crippen LogP contribution is 2.28. The molecule has 1 aliphatic rings. The third kappa shape index (κ3) is 3.61. The topological polar surface area (TPSA) is 64.3 Å². The highest BCUT2D eigenvalue weighted by atomic mass is 35.5. The molecule has 1 fully saturated rings. The zero-order valence-corrected chi connectivity index (χ0v) is 12.3. The molecule has 0 aliphatic heterocycles. The summed E-state index contributed by atoms with van der Waals surface area (Å²) in [5.74, 6) is -0.320. The summed E-state index contributed by atoms with van der Waals surface area (Å²) in [6.45, 7) is 0. The fourth-order valence-electron chi connectivity index (χ4n) is 2.38. The van der Waals surface area contributed by atoms with Gasteiger partial charge in [-0.2, -0.15) is 0 Å². The predicted molar refractivity (Wildman–Crippen MR) is 78.8 cm³/mol. The lowest BCUT2D eigenvalue weighted by molar-refractivity contribution is -0.122. The number of hydrogen-bond donors (Lipinski definition) is 2. The van der Waals surface area contributed by atoms with Crippen molar-refractivity contribution >= 4 is 24.0 Å². The summed E-state index contributed by atoms with van der Waals surface area (Å²) in [5, 5.41) is 2.58. The quantitative estimate of drug-likeness (QED) is 0.902. The molecule has 0 heterocycles. The summed E-state index contributed by atoms with van der Waals surface area (Å²) in [6, 6.07) is 4.22. The van der Waals surface area contributed by atoms with E-state index in [0.29, 0.717) is 18.6 Å². The third-order valence-electron chi connectivity index (χ3n) is 3.62. The maximum absolute atomic E-state index is 13.6. The maximum atomic E-state index is 13.6. The van der Waals surface area contributed by atoms with Gasteiger partial charge < -0.3 is 15.8 Å². The molecule has 0 spiro atoms. The van der Waals surface area contributed by atoms with E-state index in [2.05, 4.69) is 5.32 Å². The van der Waals surface area contributed by atoms with Gasteiger partial charge in [-0.1, -0.05) is 19.3 Å². The molecule has 0 unspecified atom stereocenters. The van der Waals surface area contributed by atoms with E-state index in [1.807, 2.05) is 0 Å². The lowest BCUT2D eigenvalue weighted by Gasteiger charge is -2.31. The molecule has 1 saturated carbocycles. The van der Waals surface area contributed by atoms with Crippen LogP contribution in [0.4, 0.5) is 10.1 Å². The number of nitrogens with one attached hydrogen (secondary N) is 1. The van der Waals surface area contributed by atoms with Gasteiger partial charge in [0.2, 0.25) is 5.91 Å². The van der Waals surface area contributed by atoms with Gasteiger partial charge in [0.15, 0.2) is 0 Å². The lowest BCUT2D eigenvalue weighted by Crippen LogP contribution is -2.52. The fourth-order valence-corrected chi connectivity index (χ4v) is 2.38. The van der Waals surface area contributed by atoms with Crippen LogP contribution in [0.2, 0.25) is 0 Å². The van der Waals surface area contributed by atoms with E-state index >= 15 is 0 Å². The summed E-state index contributed by atoms with van der Waals surface area (Å²) >= 11 is 0. The number of methoxy groups -OCH3 is 1. The van der Waals surface area contributed by atoms with Crippen LogP contribution in [0.3, 0.4) is 0 Å². The van der Waals surface area contributed by atoms with Crippen molar-refractivity contribution in [1.29, 1.82) is 0 Å². The molecule has 112 valence electrons. The number of nitrogens with two attached hydrogens (primary N) is 1. The Hall–Kier alpha value is -1.33. The molecule has 4 nitrogen and oxygen atoms in total. The van der Waals surface area contributed by atoms with Crippen LogP contribution < -0.4 is 15.8 Å². The molecule has 0 aromatic heterocycles. The molecule has 0 saturated heterocycles. The molecule has 1 aromatic carbocycles. The first kappa shape index (κ1) is 16.7. The number of anilines is 1. The normalized spacial score (nSPS) is 16.9. The Morgan fingerprint density at radius 1 is 1.35 bits per heavy atom. The van der Waals surface area contributed by atoms with Crippen LogP contribution in [0.1, 0.15) is 32.1 Å². The van der Waals surface area contributed by atoms with Crippen molar-refractivity contribution in [2.45, 2.75) is 37.6 Å². The Balaban J connectivity index is 0.00000200. The highest BCUT2D eigenvalue weighted by molar-refractivity contribution is 5.98. The number of carbonyl (C=O) groups is 1. The van der Waals surface area contributed by atoms with Crippen molar-refractivity contribution in [2.24, 2.45) is 5.73 Å². The lowest BCUT2D eigenvalue weighted by atomic mass is 9.82. The van der Waals surface area contributed by atoms with Crippen molar-refractivity contribution in [1.82, 2.24) is 0 Å². The maximum Gasteiger partial charge on any atom is 0.244 e. The Bertz CT molecular complexity index is 476. The van der Waals surface area contributed by atoms with Crippen LogP contribution in [0, 0.1) is 5.82 Å². The van der Waals surface area contributed by atoms with Crippen LogP contribution >= 0.6 is 12.4 Å². The number of ether oxygens (including phenoxy) is 1. The van der Waals surface area contributed by atoms with Crippen LogP contribution in [0.25, 0.3) is 0 Å². The number of carbonyl (C=O) groups excluding carboxylic acids is 1. The minimum atomic E-state index is -0.881. The van der Waals surface area contributed by atoms with Crippen molar-refractivity contribution < 1.29 is 13.9 Å². The average molecular weight is 303 g/mol. The van der Waals surface area contributed by atoms with Crippen LogP contribution in [-0.4, -0.2) is 18.6 Å². The van der Waals surface area contributed by atoms with Crippen molar-refractivity contribution in [2.75, 3.05) is 12.4 Å². The van der Waals surface area contributed by atoms with Crippen LogP contribution in [0.5, 0.6) is 5.75 Å². The van der Waals surface area contributed by atoms with Gasteiger partial charge >= 0.3 is 0 Å². The van der Waals surface area contributed by atoms with E-state index in [4.69, 9.17) is 10.5 Å². The summed E-state index contributed by atoms with van der Waals surface area (Å²) in [6.07, 6.45) is 4.25. The monoisotopic (exact) mass is 302 g/mol. The molecule has 1 aliphatic carbocycles. The van der Waals surface area contributed by atoms with Gasteiger partial charge in [-0.25, -0.2) is 4.39 Å². The van der Waals surface area contributed by atoms with Gasteiger partial charge in [0, 0.05) is 6.07 Å². The van der Waals surface area contributed by atoms with E-state index in [-0.39, 0.29) is 24.0 Å². The van der Waals surface area contributed by atoms with Gasteiger partial charge in [0.25, 0.3) is 0 Å². The standard InChI is InChI=1S/C14H19FN2O2.ClH/c1-19-10-5-6-11(15)12(9-10)17-13(18)14(16)7-3-2-4-8-14;/h5-6,9H,2-4,7-8,16H2,1H3,(H,17,18);1H. The molecule has 20 heavy (non-hydrogen) atoms. The fraction of sp³-hybridized carbons (Fsp3) is 0.500. The predicted octanol–water partition coefficient (Wildman–Crippen LogP) is 2.86. The number of hydrogen-bond acceptors (Lipinski definition) is 3. The van der Waals surface area contributed by atoms with E-state index in [1.54, 1.807) is 0 Å². The molecule has 3 N–H and O–H groups in total. The summed E-state index contributed by atoms with van der Waals surface area (Å²) in [5.41, 5.74) is 5.34. The Labute approximate surface area is 124 Å². The van der Waals surface area contributed by atoms with Crippen LogP contribution in [0.15, 0.2) is 18.2 Å². The molecular weight excluding hydrogens is 283 g/mol. The Morgan fingerprint density at radius 3 is 2.60 bits per heavy atom. The summed E-state index contributed by atoms with van der Waals surface area (Å²) in [7, 11) is 1.49. The van der Waals surface area contributed by atoms with Gasteiger partial charge in [-0.3, -0.25) is 4.79 Å². The minimum Gasteiger partial charge on any atom is -0.497 e. The molecule has 6 heteroatoms. The second-order valence-corrected chi connectivity index (χ2v) is 5.02. The summed E-state index contributed by atoms with van der Waals surface area (Å²) < 4.78 is 18.7. The number of amides is 1. The molecule has 2 rings (SSSR count). The SMILES string of the molecule is COc1ccc(F)c(NC(=O)C2(N)CCCCC2)c1.Cl. The molecular formula is C14H20ClFN2O2. The first-order valence-electron chi connectivity index (χ1n) is 6.49. The van der Waals surface area contributed by atoms with E-state index in [0.717, 1.165) is 19.3 Å². The van der Waals surface area contributed by atoms with E-state index < -0.39 is 11.4 Å². The van der Waals surface area contributed by atoms with Crippen LogP contribution in [-0.2, 0) is 4.79 Å². The minimum absolute atomic E-state index is 0. The van der Waals surface area contributed by atoms with Gasteiger partial charge in [0.1, 0.15) is 11.6 Å². The van der Waals surface area contributed by atoms with Crippen molar-refractivity contribution in [3.8, 4) is 5.75 Å². The number of halogens is 2. The van der Waals surface area contributed by atoms with E-state index in [9.17, 15) is 9.18 Å². The highest BCUT2D eigenvalue weighted by Gasteiger charge is 2.35. The van der Waals surface area contributed by atoms with E-state index in [1.165, 1.54) is 25.3 Å². The molecule has 0 radical (unpaired) electrons. The molecule has 0 atom stereocenters. The number of rotatable bonds is 3. The molecule has 0 bridgehead atoms. The summed E-state index contributed by atoms with van der Waals surface area (Å²) in [4.78, 5) is 12.2. The second kappa shape index (κ2) is 6.90. The van der Waals surface area contributed by atoms with Gasteiger partial charge in [-0.05, 0) is 25.0 Å². The smallest absolute Gasteiger partial charge is 0.244 e. The zero-order valence-electron chi connectivity index (χ0n) is 11.4. The Morgan fingerprint density at radius 2 is 2.00 bits per heavy atom. The van der Waals surface area contributed by atoms with Crippen molar-refractivity contribution in [3.63, 3.8) is 0 Å². The second-order valence-electron chi connectivity index (χ2n) is 5.02. The Kier molecular flexibility index (Phi) is 5.77. The van der Waals surface area contributed by atoms with Crippen molar-refractivity contribution in [3.05, 3.63) is 24.0 Å². The molecule has 1 aromatic rings. The molecule has 1 amide bonds. The first-order valence-corrected chi connectivity index (χ1v) is 6.49. The first-order chi connectivity index (χ1) is 9.05.